The maximum Gasteiger partial charge on any atom is 0.266 e. The van der Waals surface area contributed by atoms with Crippen molar-refractivity contribution in [2.75, 3.05) is 6.61 Å². The van der Waals surface area contributed by atoms with Crippen LogP contribution in [0, 0.1) is 6.92 Å². The van der Waals surface area contributed by atoms with Crippen molar-refractivity contribution in [2.24, 2.45) is 0 Å². The number of hydrogen-bond acceptors (Lipinski definition) is 4. The Balaban J connectivity index is 2.13. The molecule has 0 saturated heterocycles. The molecule has 0 atom stereocenters. The predicted molar refractivity (Wildman–Crippen MR) is 84.2 cm³/mol. The average molecular weight is 298 g/mol. The third-order valence-corrected chi connectivity index (χ3v) is 5.11. The van der Waals surface area contributed by atoms with Crippen LogP contribution in [0.25, 0.3) is 20.5 Å². The Morgan fingerprint density at radius 2 is 2.14 bits per heavy atom. The summed E-state index contributed by atoms with van der Waals surface area (Å²) in [4.78, 5) is 20.3. The van der Waals surface area contributed by atoms with Gasteiger partial charge in [-0.25, -0.2) is 0 Å². The molecular weight excluding hydrogens is 284 g/mol. The molecule has 1 aliphatic rings. The van der Waals surface area contributed by atoms with Gasteiger partial charge < -0.3 is 9.72 Å². The minimum atomic E-state index is -0.0247. The Morgan fingerprint density at radius 1 is 1.33 bits per heavy atom. The molecule has 0 bridgehead atoms. The van der Waals surface area contributed by atoms with Gasteiger partial charge in [-0.2, -0.15) is 0 Å². The number of hydrogen-bond donors (Lipinski definition) is 1. The van der Waals surface area contributed by atoms with E-state index in [1.807, 2.05) is 19.1 Å². The molecule has 3 aromatic rings. The number of aromatic nitrogens is 2. The van der Waals surface area contributed by atoms with Crippen LogP contribution in [0.2, 0.25) is 0 Å². The van der Waals surface area contributed by atoms with Gasteiger partial charge in [0.15, 0.2) is 0 Å². The number of aromatic amines is 1. The molecule has 0 radical (unpaired) electrons. The van der Waals surface area contributed by atoms with E-state index in [1.54, 1.807) is 12.4 Å². The van der Waals surface area contributed by atoms with E-state index in [1.165, 1.54) is 16.9 Å². The molecular formula is C16H14N2O2S. The zero-order valence-electron chi connectivity index (χ0n) is 11.6. The highest BCUT2D eigenvalue weighted by molar-refractivity contribution is 7.22. The van der Waals surface area contributed by atoms with Crippen molar-refractivity contribution in [3.8, 4) is 16.2 Å². The summed E-state index contributed by atoms with van der Waals surface area (Å²) in [6.07, 6.45) is 5.44. The molecule has 4 heterocycles. The van der Waals surface area contributed by atoms with Gasteiger partial charge >= 0.3 is 0 Å². The minimum absolute atomic E-state index is 0.0247. The van der Waals surface area contributed by atoms with E-state index in [0.717, 1.165) is 44.8 Å². The van der Waals surface area contributed by atoms with E-state index in [4.69, 9.17) is 4.74 Å². The van der Waals surface area contributed by atoms with Crippen LogP contribution >= 0.6 is 11.3 Å². The van der Waals surface area contributed by atoms with Crippen LogP contribution in [-0.2, 0) is 6.42 Å². The number of H-pyrrole nitrogens is 1. The molecule has 0 amide bonds. The number of nitrogens with one attached hydrogen (secondary N) is 1. The lowest BCUT2D eigenvalue weighted by Crippen LogP contribution is -2.08. The van der Waals surface area contributed by atoms with Gasteiger partial charge in [0.25, 0.3) is 5.56 Å². The lowest BCUT2D eigenvalue weighted by atomic mass is 10.0. The molecule has 1 N–H and O–H groups in total. The highest BCUT2D eigenvalue weighted by atomic mass is 32.1. The number of ether oxygens (including phenoxy) is 1. The molecule has 0 saturated carbocycles. The highest BCUT2D eigenvalue weighted by Gasteiger charge is 2.23. The number of rotatable bonds is 1. The Kier molecular flexibility index (Phi) is 2.82. The summed E-state index contributed by atoms with van der Waals surface area (Å²) >= 11 is 1.50. The average Bonchev–Trinajstić information content (AvgIpc) is 2.73. The first-order valence-electron chi connectivity index (χ1n) is 6.97. The number of aryl methyl sites for hydroxylation is 2. The molecule has 3 aromatic heterocycles. The first-order valence-corrected chi connectivity index (χ1v) is 7.79. The molecule has 4 nitrogen and oxygen atoms in total. The van der Waals surface area contributed by atoms with Crippen LogP contribution < -0.4 is 10.3 Å². The van der Waals surface area contributed by atoms with E-state index in [2.05, 4.69) is 9.97 Å². The fourth-order valence-electron chi connectivity index (χ4n) is 2.91. The third-order valence-electron chi connectivity index (χ3n) is 3.89. The Morgan fingerprint density at radius 3 is 2.95 bits per heavy atom. The zero-order valence-corrected chi connectivity index (χ0v) is 12.4. The van der Waals surface area contributed by atoms with Crippen molar-refractivity contribution >= 4 is 21.4 Å². The molecule has 4 rings (SSSR count). The SMILES string of the molecule is Cc1[nH]c(=O)c2sc(-c3ccncc3)c3c2c1CCCO3. The summed E-state index contributed by atoms with van der Waals surface area (Å²) in [6.45, 7) is 2.65. The normalized spacial score (nSPS) is 14.0. The van der Waals surface area contributed by atoms with Crippen LogP contribution in [0.5, 0.6) is 5.75 Å². The van der Waals surface area contributed by atoms with Crippen LogP contribution in [-0.4, -0.2) is 16.6 Å². The van der Waals surface area contributed by atoms with Crippen LogP contribution in [0.3, 0.4) is 0 Å². The number of thiophene rings is 1. The van der Waals surface area contributed by atoms with E-state index in [0.29, 0.717) is 6.61 Å². The molecule has 0 spiro atoms. The predicted octanol–water partition coefficient (Wildman–Crippen LogP) is 3.29. The Bertz CT molecular complexity index is 881. The molecule has 5 heteroatoms. The van der Waals surface area contributed by atoms with Gasteiger partial charge in [0, 0.05) is 23.5 Å². The summed E-state index contributed by atoms with van der Waals surface area (Å²) in [5.41, 5.74) is 3.20. The summed E-state index contributed by atoms with van der Waals surface area (Å²) in [7, 11) is 0. The quantitative estimate of drug-likeness (QED) is 0.750. The number of pyridine rings is 2. The van der Waals surface area contributed by atoms with Gasteiger partial charge in [-0.05, 0) is 43.0 Å². The molecule has 0 aliphatic carbocycles. The first kappa shape index (κ1) is 12.6. The molecule has 0 unspecified atom stereocenters. The lowest BCUT2D eigenvalue weighted by Gasteiger charge is -2.05. The topological polar surface area (TPSA) is 55.0 Å². The smallest absolute Gasteiger partial charge is 0.266 e. The minimum Gasteiger partial charge on any atom is -0.491 e. The van der Waals surface area contributed by atoms with Crippen LogP contribution in [0.1, 0.15) is 17.7 Å². The van der Waals surface area contributed by atoms with Crippen molar-refractivity contribution in [3.63, 3.8) is 0 Å². The second-order valence-corrected chi connectivity index (χ2v) is 6.23. The zero-order chi connectivity index (χ0) is 14.4. The second kappa shape index (κ2) is 4.70. The second-order valence-electron chi connectivity index (χ2n) is 5.21. The van der Waals surface area contributed by atoms with Gasteiger partial charge in [0.1, 0.15) is 10.4 Å². The fourth-order valence-corrected chi connectivity index (χ4v) is 4.08. The molecule has 0 aromatic carbocycles. The lowest BCUT2D eigenvalue weighted by molar-refractivity contribution is 0.321. The third kappa shape index (κ3) is 1.88. The van der Waals surface area contributed by atoms with Gasteiger partial charge in [0.05, 0.1) is 11.5 Å². The van der Waals surface area contributed by atoms with E-state index in [-0.39, 0.29) is 5.56 Å². The maximum atomic E-state index is 12.3. The molecule has 1 aliphatic heterocycles. The van der Waals surface area contributed by atoms with E-state index >= 15 is 0 Å². The maximum absolute atomic E-state index is 12.3. The van der Waals surface area contributed by atoms with Crippen molar-refractivity contribution in [2.45, 2.75) is 19.8 Å². The molecule has 0 fully saturated rings. The van der Waals surface area contributed by atoms with Crippen molar-refractivity contribution in [3.05, 3.63) is 46.1 Å². The van der Waals surface area contributed by atoms with Crippen LogP contribution in [0.4, 0.5) is 0 Å². The Labute approximate surface area is 125 Å². The van der Waals surface area contributed by atoms with Gasteiger partial charge in [0.2, 0.25) is 0 Å². The van der Waals surface area contributed by atoms with Gasteiger partial charge in [-0.3, -0.25) is 9.78 Å². The Hall–Kier alpha value is -2.14. The standard InChI is InChI=1S/C16H14N2O2S/c1-9-11-3-2-8-20-13-12(11)15(16(19)18-9)21-14(13)10-4-6-17-7-5-10/h4-7H,2-3,8H2,1H3,(H,18,19). The van der Waals surface area contributed by atoms with Gasteiger partial charge in [-0.15, -0.1) is 11.3 Å². The summed E-state index contributed by atoms with van der Waals surface area (Å²) in [5, 5.41) is 1.01. The highest BCUT2D eigenvalue weighted by Crippen LogP contribution is 2.46. The van der Waals surface area contributed by atoms with E-state index in [9.17, 15) is 4.79 Å². The fraction of sp³-hybridized carbons (Fsp3) is 0.250. The van der Waals surface area contributed by atoms with Crippen molar-refractivity contribution in [1.29, 1.82) is 0 Å². The van der Waals surface area contributed by atoms with E-state index < -0.39 is 0 Å². The van der Waals surface area contributed by atoms with Crippen LogP contribution in [0.15, 0.2) is 29.3 Å². The summed E-state index contributed by atoms with van der Waals surface area (Å²) in [6, 6.07) is 3.91. The summed E-state index contributed by atoms with van der Waals surface area (Å²) < 4.78 is 6.76. The largest absolute Gasteiger partial charge is 0.491 e. The van der Waals surface area contributed by atoms with Crippen molar-refractivity contribution < 1.29 is 4.74 Å². The number of nitrogens with zero attached hydrogens (tertiary/aromatic N) is 1. The molecule has 106 valence electrons. The summed E-state index contributed by atoms with van der Waals surface area (Å²) in [5.74, 6) is 0.864. The monoisotopic (exact) mass is 298 g/mol. The first-order chi connectivity index (χ1) is 10.3. The van der Waals surface area contributed by atoms with Crippen molar-refractivity contribution in [1.82, 2.24) is 9.97 Å². The van der Waals surface area contributed by atoms with Gasteiger partial charge in [-0.1, -0.05) is 0 Å². The molecule has 21 heavy (non-hydrogen) atoms.